The monoisotopic (exact) mass is 505 g/mol. The Labute approximate surface area is 217 Å². The standard InChI is InChI=1S/C28H35N5O4/c1-3-31(4-2)16-28(17-36-18-28)32-14-21(15-32)37-23-13-22(27(34)35)29-26-24(23)25(19-9-8-10-19)30-33(26)20-11-6-5-7-12-20/h5-7,11-13,19,21H,3-4,8-10,14-18H2,1-2H3,(H,34,35). The van der Waals surface area contributed by atoms with E-state index >= 15 is 0 Å². The first-order valence-corrected chi connectivity index (χ1v) is 13.5. The SMILES string of the molecule is CCN(CC)CC1(N2CC(Oc3cc(C(=O)O)nc4c3c(C3CCC3)nn4-c3ccccc3)C2)COC1. The Morgan fingerprint density at radius 1 is 1.19 bits per heavy atom. The number of fused-ring (bicyclic) bond motifs is 1. The van der Waals surface area contributed by atoms with Gasteiger partial charge in [-0.3, -0.25) is 4.90 Å². The second-order valence-electron chi connectivity index (χ2n) is 10.6. The Bertz CT molecular complexity index is 1270. The molecule has 1 aliphatic carbocycles. The fourth-order valence-corrected chi connectivity index (χ4v) is 5.68. The van der Waals surface area contributed by atoms with Gasteiger partial charge in [-0.05, 0) is 38.1 Å². The first-order chi connectivity index (χ1) is 18.0. The molecule has 2 aliphatic heterocycles. The zero-order valence-corrected chi connectivity index (χ0v) is 21.6. The highest BCUT2D eigenvalue weighted by Crippen LogP contribution is 2.43. The van der Waals surface area contributed by atoms with Crippen LogP contribution in [-0.2, 0) is 4.74 Å². The fourth-order valence-electron chi connectivity index (χ4n) is 5.68. The molecule has 3 aliphatic rings. The van der Waals surface area contributed by atoms with Crippen LogP contribution < -0.4 is 4.74 Å². The zero-order chi connectivity index (χ0) is 25.6. The number of nitrogens with zero attached hydrogens (tertiary/aromatic N) is 5. The van der Waals surface area contributed by atoms with Gasteiger partial charge in [0.2, 0.25) is 0 Å². The van der Waals surface area contributed by atoms with Crippen LogP contribution in [0.1, 0.15) is 55.2 Å². The van der Waals surface area contributed by atoms with E-state index < -0.39 is 5.97 Å². The highest BCUT2D eigenvalue weighted by molar-refractivity contribution is 5.94. The molecular formula is C28H35N5O4. The van der Waals surface area contributed by atoms with Crippen molar-refractivity contribution >= 4 is 17.0 Å². The molecule has 1 N–H and O–H groups in total. The smallest absolute Gasteiger partial charge is 0.354 e. The molecule has 9 nitrogen and oxygen atoms in total. The number of hydrogen-bond acceptors (Lipinski definition) is 7. The summed E-state index contributed by atoms with van der Waals surface area (Å²) in [6.07, 6.45) is 3.31. The van der Waals surface area contributed by atoms with E-state index in [1.807, 2.05) is 30.3 Å². The predicted molar refractivity (Wildman–Crippen MR) is 140 cm³/mol. The normalized spacial score (nSPS) is 20.0. The van der Waals surface area contributed by atoms with Crippen LogP contribution in [0, 0.1) is 0 Å². The summed E-state index contributed by atoms with van der Waals surface area (Å²) in [5.74, 6) is -0.147. The number of carbonyl (C=O) groups is 1. The van der Waals surface area contributed by atoms with Crippen molar-refractivity contribution in [2.75, 3.05) is 45.9 Å². The molecule has 3 fully saturated rings. The second-order valence-corrected chi connectivity index (χ2v) is 10.6. The fraction of sp³-hybridized carbons (Fsp3) is 0.536. The summed E-state index contributed by atoms with van der Waals surface area (Å²) in [5, 5.41) is 15.7. The van der Waals surface area contributed by atoms with Crippen molar-refractivity contribution in [3.63, 3.8) is 0 Å². The molecule has 1 aromatic carbocycles. The van der Waals surface area contributed by atoms with Crippen molar-refractivity contribution in [1.82, 2.24) is 24.6 Å². The van der Waals surface area contributed by atoms with Gasteiger partial charge in [0.05, 0.1) is 35.5 Å². The molecule has 37 heavy (non-hydrogen) atoms. The van der Waals surface area contributed by atoms with Gasteiger partial charge in [0.1, 0.15) is 11.9 Å². The number of carboxylic acid groups (broad SMARTS) is 1. The van der Waals surface area contributed by atoms with Crippen molar-refractivity contribution in [3.8, 4) is 11.4 Å². The van der Waals surface area contributed by atoms with E-state index in [-0.39, 0.29) is 17.3 Å². The zero-order valence-electron chi connectivity index (χ0n) is 21.6. The van der Waals surface area contributed by atoms with E-state index in [0.29, 0.717) is 17.3 Å². The highest BCUT2D eigenvalue weighted by atomic mass is 16.5. The Morgan fingerprint density at radius 3 is 2.49 bits per heavy atom. The molecular weight excluding hydrogens is 470 g/mol. The lowest BCUT2D eigenvalue weighted by molar-refractivity contribution is -0.188. The summed E-state index contributed by atoms with van der Waals surface area (Å²) < 4.78 is 14.0. The number of para-hydroxylation sites is 1. The molecule has 0 unspecified atom stereocenters. The van der Waals surface area contributed by atoms with E-state index in [1.54, 1.807) is 10.7 Å². The van der Waals surface area contributed by atoms with Gasteiger partial charge in [0.25, 0.3) is 0 Å². The molecule has 1 saturated carbocycles. The molecule has 0 bridgehead atoms. The van der Waals surface area contributed by atoms with Crippen LogP contribution >= 0.6 is 0 Å². The summed E-state index contributed by atoms with van der Waals surface area (Å²) >= 11 is 0. The van der Waals surface area contributed by atoms with Gasteiger partial charge in [-0.1, -0.05) is 38.5 Å². The minimum Gasteiger partial charge on any atom is -0.487 e. The van der Waals surface area contributed by atoms with Crippen LogP contribution in [0.5, 0.6) is 5.75 Å². The third-order valence-corrected chi connectivity index (χ3v) is 8.31. The second kappa shape index (κ2) is 9.70. The van der Waals surface area contributed by atoms with Crippen molar-refractivity contribution in [1.29, 1.82) is 0 Å². The van der Waals surface area contributed by atoms with Crippen LogP contribution in [0.4, 0.5) is 0 Å². The number of pyridine rings is 1. The van der Waals surface area contributed by atoms with E-state index in [2.05, 4.69) is 28.6 Å². The largest absolute Gasteiger partial charge is 0.487 e. The number of rotatable bonds is 10. The van der Waals surface area contributed by atoms with Gasteiger partial charge < -0.3 is 19.5 Å². The van der Waals surface area contributed by atoms with Crippen molar-refractivity contribution in [2.45, 2.75) is 50.7 Å². The first kappa shape index (κ1) is 24.3. The Balaban J connectivity index is 1.32. The van der Waals surface area contributed by atoms with E-state index in [1.165, 1.54) is 6.42 Å². The molecule has 2 aromatic heterocycles. The average Bonchev–Trinajstić information content (AvgIpc) is 3.20. The Kier molecular flexibility index (Phi) is 6.38. The lowest BCUT2D eigenvalue weighted by Crippen LogP contribution is -2.74. The predicted octanol–water partition coefficient (Wildman–Crippen LogP) is 3.56. The van der Waals surface area contributed by atoms with Crippen molar-refractivity contribution in [3.05, 3.63) is 47.8 Å². The minimum absolute atomic E-state index is 0.0178. The molecule has 0 amide bonds. The average molecular weight is 506 g/mol. The third kappa shape index (κ3) is 4.28. The number of likely N-dealkylation sites (N-methyl/N-ethyl adjacent to an activating group) is 1. The van der Waals surface area contributed by atoms with Gasteiger partial charge in [0.15, 0.2) is 11.3 Å². The summed E-state index contributed by atoms with van der Waals surface area (Å²) in [6.45, 7) is 10.5. The van der Waals surface area contributed by atoms with Gasteiger partial charge in [-0.2, -0.15) is 5.10 Å². The van der Waals surface area contributed by atoms with E-state index in [9.17, 15) is 9.90 Å². The third-order valence-electron chi connectivity index (χ3n) is 8.31. The number of hydrogen-bond donors (Lipinski definition) is 1. The number of likely N-dealkylation sites (tertiary alicyclic amines) is 1. The quantitative estimate of drug-likeness (QED) is 0.447. The molecule has 0 atom stereocenters. The molecule has 9 heteroatoms. The van der Waals surface area contributed by atoms with Crippen LogP contribution in [0.25, 0.3) is 16.7 Å². The minimum atomic E-state index is -1.07. The van der Waals surface area contributed by atoms with Crippen molar-refractivity contribution in [2.24, 2.45) is 0 Å². The molecule has 2 saturated heterocycles. The highest BCUT2D eigenvalue weighted by Gasteiger charge is 2.50. The van der Waals surface area contributed by atoms with Gasteiger partial charge in [0, 0.05) is 31.6 Å². The van der Waals surface area contributed by atoms with Gasteiger partial charge in [-0.25, -0.2) is 14.5 Å². The van der Waals surface area contributed by atoms with E-state index in [4.69, 9.17) is 14.6 Å². The molecule has 6 rings (SSSR count). The summed E-state index contributed by atoms with van der Waals surface area (Å²) in [7, 11) is 0. The first-order valence-electron chi connectivity index (χ1n) is 13.5. The maximum Gasteiger partial charge on any atom is 0.354 e. The maximum absolute atomic E-state index is 12.0. The number of aromatic carboxylic acids is 1. The summed E-state index contributed by atoms with van der Waals surface area (Å²) in [5.41, 5.74) is 2.38. The molecule has 196 valence electrons. The lowest BCUT2D eigenvalue weighted by Gasteiger charge is -2.57. The molecule has 4 heterocycles. The number of carboxylic acids is 1. The molecule has 0 spiro atoms. The van der Waals surface area contributed by atoms with Crippen molar-refractivity contribution < 1.29 is 19.4 Å². The van der Waals surface area contributed by atoms with Crippen LogP contribution in [0.15, 0.2) is 36.4 Å². The van der Waals surface area contributed by atoms with E-state index in [0.717, 1.165) is 75.5 Å². The molecule has 0 radical (unpaired) electrons. The maximum atomic E-state index is 12.0. The number of aromatic nitrogens is 3. The molecule has 3 aromatic rings. The lowest BCUT2D eigenvalue weighted by atomic mass is 9.82. The van der Waals surface area contributed by atoms with Crippen LogP contribution in [0.3, 0.4) is 0 Å². The topological polar surface area (TPSA) is 93.0 Å². The van der Waals surface area contributed by atoms with Crippen LogP contribution in [-0.4, -0.2) is 93.2 Å². The number of ether oxygens (including phenoxy) is 2. The Morgan fingerprint density at radius 2 is 1.92 bits per heavy atom. The number of benzene rings is 1. The van der Waals surface area contributed by atoms with Gasteiger partial charge in [-0.15, -0.1) is 0 Å². The summed E-state index contributed by atoms with van der Waals surface area (Å²) in [4.78, 5) is 21.5. The summed E-state index contributed by atoms with van der Waals surface area (Å²) in [6, 6.07) is 11.4. The van der Waals surface area contributed by atoms with Gasteiger partial charge >= 0.3 is 5.97 Å². The Hall–Kier alpha value is -3.01. The van der Waals surface area contributed by atoms with Crippen LogP contribution in [0.2, 0.25) is 0 Å².